The van der Waals surface area contributed by atoms with Gasteiger partial charge in [0.05, 0.1) is 0 Å². The Kier molecular flexibility index (Phi) is 5.55. The van der Waals surface area contributed by atoms with Crippen molar-refractivity contribution < 1.29 is 0 Å². The van der Waals surface area contributed by atoms with Gasteiger partial charge in [0.15, 0.2) is 0 Å². The summed E-state index contributed by atoms with van der Waals surface area (Å²) in [6.45, 7) is 5.64. The lowest BCUT2D eigenvalue weighted by atomic mass is 9.82. The van der Waals surface area contributed by atoms with Gasteiger partial charge in [-0.25, -0.2) is 0 Å². The van der Waals surface area contributed by atoms with Crippen molar-refractivity contribution in [2.24, 2.45) is 11.8 Å². The Morgan fingerprint density at radius 2 is 2.10 bits per heavy atom. The van der Waals surface area contributed by atoms with Crippen molar-refractivity contribution in [1.82, 2.24) is 5.32 Å². The number of hydrogen-bond acceptors (Lipinski definition) is 2. The molecule has 2 heterocycles. The van der Waals surface area contributed by atoms with Gasteiger partial charge >= 0.3 is 0 Å². The minimum absolute atomic E-state index is 0.482. The maximum Gasteiger partial charge on any atom is 0.0411 e. The summed E-state index contributed by atoms with van der Waals surface area (Å²) in [5, 5.41) is 4.28. The second-order valence-corrected chi connectivity index (χ2v) is 10.9. The summed E-state index contributed by atoms with van der Waals surface area (Å²) in [7, 11) is 0. The van der Waals surface area contributed by atoms with Crippen molar-refractivity contribution in [2.75, 3.05) is 6.54 Å². The highest BCUT2D eigenvalue weighted by atomic mass is 127. The molecule has 0 radical (unpaired) electrons. The quantitative estimate of drug-likeness (QED) is 0.428. The number of aryl methyl sites for hydroxylation is 1. The van der Waals surface area contributed by atoms with Crippen molar-refractivity contribution in [2.45, 2.75) is 44.8 Å². The first-order valence-corrected chi connectivity index (χ1v) is 12.8. The summed E-state index contributed by atoms with van der Waals surface area (Å²) in [5.41, 5.74) is 8.99. The molecule has 3 heteroatoms. The number of nitrogens with one attached hydrogen (secondary N) is 1. The standard InChI is InChI=1S/C26H28INS/c1-3-17-12-21(15-22(27)13-17)25-16(2)23-10-11-28-24(26(23)29-25)20-9-8-18-6-4-5-7-19(18)14-20/h5,7-8,10,12-16,20,25,28H,3-4,6,9,11H2,1-2H3. The monoisotopic (exact) mass is 513 g/mol. The van der Waals surface area contributed by atoms with Crippen molar-refractivity contribution in [3.63, 3.8) is 0 Å². The maximum absolute atomic E-state index is 3.77. The van der Waals surface area contributed by atoms with Crippen molar-refractivity contribution in [3.8, 4) is 0 Å². The van der Waals surface area contributed by atoms with Gasteiger partial charge in [-0.1, -0.05) is 50.3 Å². The molecule has 0 spiro atoms. The van der Waals surface area contributed by atoms with Crippen molar-refractivity contribution in [3.05, 3.63) is 90.6 Å². The van der Waals surface area contributed by atoms with E-state index in [-0.39, 0.29) is 0 Å². The van der Waals surface area contributed by atoms with E-state index >= 15 is 0 Å². The largest absolute Gasteiger partial charge is 0.383 e. The van der Waals surface area contributed by atoms with Gasteiger partial charge in [-0.05, 0) is 94.2 Å². The van der Waals surface area contributed by atoms with Crippen LogP contribution in [0.15, 0.2) is 75.9 Å². The smallest absolute Gasteiger partial charge is 0.0411 e. The molecule has 29 heavy (non-hydrogen) atoms. The van der Waals surface area contributed by atoms with Gasteiger partial charge in [0, 0.05) is 31.9 Å². The van der Waals surface area contributed by atoms with E-state index in [1.807, 2.05) is 0 Å². The Hall–Kier alpha value is -1.20. The van der Waals surface area contributed by atoms with Crippen molar-refractivity contribution >= 4 is 34.4 Å². The molecule has 2 aliphatic carbocycles. The van der Waals surface area contributed by atoms with Gasteiger partial charge in [0.1, 0.15) is 0 Å². The predicted molar refractivity (Wildman–Crippen MR) is 134 cm³/mol. The molecule has 3 atom stereocenters. The number of rotatable bonds is 3. The fraction of sp³-hybridized carbons (Fsp3) is 0.385. The van der Waals surface area contributed by atoms with E-state index in [1.54, 1.807) is 11.1 Å². The zero-order valence-electron chi connectivity index (χ0n) is 17.2. The molecule has 5 rings (SSSR count). The SMILES string of the molecule is CCc1cc(I)cc(C2SC3=C(C4C=C5C=CCCC5=CC4)NCC=C3C2C)c1. The van der Waals surface area contributed by atoms with E-state index in [4.69, 9.17) is 0 Å². The normalized spacial score (nSPS) is 28.2. The van der Waals surface area contributed by atoms with Crippen LogP contribution in [-0.2, 0) is 6.42 Å². The van der Waals surface area contributed by atoms with Crippen LogP contribution in [0.2, 0.25) is 0 Å². The Balaban J connectivity index is 1.50. The van der Waals surface area contributed by atoms with Crippen LogP contribution in [-0.4, -0.2) is 6.54 Å². The maximum atomic E-state index is 3.77. The van der Waals surface area contributed by atoms with Crippen LogP contribution in [0.1, 0.15) is 49.5 Å². The van der Waals surface area contributed by atoms with Gasteiger partial charge < -0.3 is 5.32 Å². The lowest BCUT2D eigenvalue weighted by molar-refractivity contribution is 0.639. The number of thioether (sulfide) groups is 1. The van der Waals surface area contributed by atoms with Crippen LogP contribution in [0.25, 0.3) is 0 Å². The van der Waals surface area contributed by atoms with Crippen LogP contribution >= 0.6 is 34.4 Å². The van der Waals surface area contributed by atoms with Gasteiger partial charge in [0.2, 0.25) is 0 Å². The summed E-state index contributed by atoms with van der Waals surface area (Å²) < 4.78 is 1.36. The zero-order chi connectivity index (χ0) is 20.0. The molecule has 4 aliphatic rings. The first-order chi connectivity index (χ1) is 14.1. The Bertz CT molecular complexity index is 994. The number of benzene rings is 1. The third-order valence-corrected chi connectivity index (χ3v) is 8.89. The molecule has 1 aromatic carbocycles. The predicted octanol–water partition coefficient (Wildman–Crippen LogP) is 7.24. The van der Waals surface area contributed by atoms with Crippen LogP contribution in [0.4, 0.5) is 0 Å². The highest BCUT2D eigenvalue weighted by Gasteiger charge is 2.38. The van der Waals surface area contributed by atoms with Gasteiger partial charge in [-0.3, -0.25) is 0 Å². The van der Waals surface area contributed by atoms with E-state index in [0.29, 0.717) is 17.1 Å². The number of allylic oxidation sites excluding steroid dienone is 7. The first-order valence-electron chi connectivity index (χ1n) is 10.9. The first kappa shape index (κ1) is 19.7. The molecule has 150 valence electrons. The second-order valence-electron chi connectivity index (χ2n) is 8.49. The van der Waals surface area contributed by atoms with E-state index in [1.165, 1.54) is 43.7 Å². The highest BCUT2D eigenvalue weighted by Crippen LogP contribution is 2.57. The number of hydrogen-bond donors (Lipinski definition) is 1. The summed E-state index contributed by atoms with van der Waals surface area (Å²) in [5.74, 6) is 1.04. The molecule has 2 aliphatic heterocycles. The summed E-state index contributed by atoms with van der Waals surface area (Å²) in [4.78, 5) is 1.52. The Morgan fingerprint density at radius 3 is 2.97 bits per heavy atom. The fourth-order valence-electron chi connectivity index (χ4n) is 5.05. The molecule has 0 saturated carbocycles. The Morgan fingerprint density at radius 1 is 1.21 bits per heavy atom. The molecule has 1 fully saturated rings. The van der Waals surface area contributed by atoms with Gasteiger partial charge in [-0.15, -0.1) is 11.8 Å². The van der Waals surface area contributed by atoms with Crippen LogP contribution in [0, 0.1) is 15.4 Å². The lowest BCUT2D eigenvalue weighted by Gasteiger charge is -2.28. The minimum Gasteiger partial charge on any atom is -0.383 e. The summed E-state index contributed by atoms with van der Waals surface area (Å²) >= 11 is 4.57. The molecule has 0 amide bonds. The molecule has 1 saturated heterocycles. The Labute approximate surface area is 192 Å². The van der Waals surface area contributed by atoms with E-state index in [9.17, 15) is 0 Å². The second kappa shape index (κ2) is 8.14. The topological polar surface area (TPSA) is 12.0 Å². The molecule has 1 nitrogen and oxygen atoms in total. The third-order valence-electron chi connectivity index (χ3n) is 6.65. The molecule has 0 bridgehead atoms. The summed E-state index contributed by atoms with van der Waals surface area (Å²) in [6, 6.07) is 7.15. The molecule has 0 aromatic heterocycles. The molecular formula is C26H28INS. The van der Waals surface area contributed by atoms with Crippen molar-refractivity contribution in [1.29, 1.82) is 0 Å². The number of fused-ring (bicyclic) bond motifs is 2. The summed E-state index contributed by atoms with van der Waals surface area (Å²) in [6.07, 6.45) is 16.7. The van der Waals surface area contributed by atoms with Crippen LogP contribution in [0.3, 0.4) is 0 Å². The fourth-order valence-corrected chi connectivity index (χ4v) is 7.45. The molecule has 3 unspecified atom stereocenters. The zero-order valence-corrected chi connectivity index (χ0v) is 20.1. The molecule has 1 aromatic rings. The van der Waals surface area contributed by atoms with E-state index in [0.717, 1.165) is 19.4 Å². The van der Waals surface area contributed by atoms with Crippen LogP contribution < -0.4 is 5.32 Å². The lowest BCUT2D eigenvalue weighted by Crippen LogP contribution is -2.26. The number of halogens is 1. The van der Waals surface area contributed by atoms with Crippen LogP contribution in [0.5, 0.6) is 0 Å². The van der Waals surface area contributed by atoms with E-state index < -0.39 is 0 Å². The van der Waals surface area contributed by atoms with Gasteiger partial charge in [0.25, 0.3) is 0 Å². The minimum atomic E-state index is 0.482. The molecular weight excluding hydrogens is 485 g/mol. The van der Waals surface area contributed by atoms with Gasteiger partial charge in [-0.2, -0.15) is 0 Å². The number of dihydropyridines is 1. The van der Waals surface area contributed by atoms with E-state index in [2.05, 4.69) is 102 Å². The highest BCUT2D eigenvalue weighted by molar-refractivity contribution is 14.1. The third kappa shape index (κ3) is 3.69. The average molecular weight is 513 g/mol. The average Bonchev–Trinajstić information content (AvgIpc) is 3.09. The molecule has 1 N–H and O–H groups in total.